The predicted octanol–water partition coefficient (Wildman–Crippen LogP) is 1.90. The molecule has 0 amide bonds. The van der Waals surface area contributed by atoms with E-state index in [1.54, 1.807) is 0 Å². The van der Waals surface area contributed by atoms with E-state index in [1.165, 1.54) is 11.3 Å². The molecule has 0 fully saturated rings. The molecule has 2 rings (SSSR count). The third-order valence-electron chi connectivity index (χ3n) is 2.30. The summed E-state index contributed by atoms with van der Waals surface area (Å²) in [6.07, 6.45) is -0.0168. The summed E-state index contributed by atoms with van der Waals surface area (Å²) < 4.78 is 0. The van der Waals surface area contributed by atoms with Gasteiger partial charge in [-0.05, 0) is 0 Å². The number of benzene rings is 1. The summed E-state index contributed by atoms with van der Waals surface area (Å²) in [5.74, 6) is -0.858. The lowest BCUT2D eigenvalue weighted by molar-refractivity contribution is -0.136. The van der Waals surface area contributed by atoms with Crippen LogP contribution in [-0.4, -0.2) is 16.1 Å². The second kappa shape index (κ2) is 5.07. The molecular formula is C12H12N2O2S. The Morgan fingerprint density at radius 2 is 2.06 bits per heavy atom. The van der Waals surface area contributed by atoms with Crippen LogP contribution >= 0.6 is 11.3 Å². The first-order valence-electron chi connectivity index (χ1n) is 5.16. The number of nitrogens with two attached hydrogens (primary N) is 1. The van der Waals surface area contributed by atoms with E-state index in [1.807, 2.05) is 30.3 Å². The van der Waals surface area contributed by atoms with Gasteiger partial charge in [0.2, 0.25) is 0 Å². The van der Waals surface area contributed by atoms with Gasteiger partial charge in [0.15, 0.2) is 0 Å². The van der Waals surface area contributed by atoms with Crippen LogP contribution in [0.5, 0.6) is 0 Å². The summed E-state index contributed by atoms with van der Waals surface area (Å²) in [7, 11) is 0. The molecule has 88 valence electrons. The molecule has 1 aromatic heterocycles. The fourth-order valence-corrected chi connectivity index (χ4v) is 2.61. The summed E-state index contributed by atoms with van der Waals surface area (Å²) in [5, 5.41) is 9.63. The van der Waals surface area contributed by atoms with E-state index in [2.05, 4.69) is 4.98 Å². The summed E-state index contributed by atoms with van der Waals surface area (Å²) in [4.78, 5) is 15.8. The number of carboxylic acids is 1. The zero-order valence-corrected chi connectivity index (χ0v) is 9.91. The van der Waals surface area contributed by atoms with Crippen LogP contribution in [0.25, 0.3) is 10.6 Å². The fraction of sp³-hybridized carbons (Fsp3) is 0.167. The Morgan fingerprint density at radius 1 is 1.35 bits per heavy atom. The predicted molar refractivity (Wildman–Crippen MR) is 66.8 cm³/mol. The molecule has 17 heavy (non-hydrogen) atoms. The summed E-state index contributed by atoms with van der Waals surface area (Å²) >= 11 is 1.39. The van der Waals surface area contributed by atoms with Crippen LogP contribution in [0.1, 0.15) is 10.6 Å². The number of thiazole rings is 1. The number of hydrogen-bond donors (Lipinski definition) is 2. The molecule has 0 radical (unpaired) electrons. The van der Waals surface area contributed by atoms with Gasteiger partial charge in [0, 0.05) is 17.0 Å². The second-order valence-corrected chi connectivity index (χ2v) is 4.61. The molecule has 0 bridgehead atoms. The first-order valence-corrected chi connectivity index (χ1v) is 5.98. The van der Waals surface area contributed by atoms with E-state index in [4.69, 9.17) is 10.8 Å². The van der Waals surface area contributed by atoms with Gasteiger partial charge in [-0.1, -0.05) is 30.3 Å². The number of aliphatic carboxylic acids is 1. The van der Waals surface area contributed by atoms with E-state index < -0.39 is 5.97 Å². The largest absolute Gasteiger partial charge is 0.481 e. The van der Waals surface area contributed by atoms with Crippen molar-refractivity contribution in [3.8, 4) is 10.6 Å². The fourth-order valence-electron chi connectivity index (χ4n) is 1.52. The van der Waals surface area contributed by atoms with Crippen molar-refractivity contribution in [3.63, 3.8) is 0 Å². The monoisotopic (exact) mass is 248 g/mol. The molecule has 4 nitrogen and oxygen atoms in total. The SMILES string of the molecule is NCc1nc(-c2ccccc2)sc1CC(=O)O. The number of hydrogen-bond acceptors (Lipinski definition) is 4. The molecule has 1 heterocycles. The normalized spacial score (nSPS) is 10.4. The van der Waals surface area contributed by atoms with Crippen molar-refractivity contribution in [2.75, 3.05) is 0 Å². The van der Waals surface area contributed by atoms with Crippen LogP contribution in [0.3, 0.4) is 0 Å². The molecule has 0 saturated carbocycles. The van der Waals surface area contributed by atoms with Crippen LogP contribution in [-0.2, 0) is 17.8 Å². The number of carbonyl (C=O) groups is 1. The summed E-state index contributed by atoms with van der Waals surface area (Å²) in [6, 6.07) is 9.68. The van der Waals surface area contributed by atoms with Crippen molar-refractivity contribution in [2.45, 2.75) is 13.0 Å². The molecule has 0 saturated heterocycles. The number of nitrogens with zero attached hydrogens (tertiary/aromatic N) is 1. The van der Waals surface area contributed by atoms with Gasteiger partial charge < -0.3 is 10.8 Å². The third kappa shape index (κ3) is 2.69. The minimum atomic E-state index is -0.858. The molecule has 0 unspecified atom stereocenters. The van der Waals surface area contributed by atoms with Crippen LogP contribution in [0.15, 0.2) is 30.3 Å². The van der Waals surface area contributed by atoms with Crippen LogP contribution < -0.4 is 5.73 Å². The van der Waals surface area contributed by atoms with Gasteiger partial charge in [-0.3, -0.25) is 4.79 Å². The standard InChI is InChI=1S/C12H12N2O2S/c13-7-9-10(6-11(15)16)17-12(14-9)8-4-2-1-3-5-8/h1-5H,6-7,13H2,(H,15,16). The molecule has 0 atom stereocenters. The van der Waals surface area contributed by atoms with Crippen LogP contribution in [0, 0.1) is 0 Å². The molecule has 0 aliphatic rings. The van der Waals surface area contributed by atoms with Crippen molar-refractivity contribution in [1.82, 2.24) is 4.98 Å². The van der Waals surface area contributed by atoms with Crippen LogP contribution in [0.2, 0.25) is 0 Å². The molecule has 0 aliphatic carbocycles. The maximum absolute atomic E-state index is 10.7. The topological polar surface area (TPSA) is 76.2 Å². The Balaban J connectivity index is 2.37. The zero-order valence-electron chi connectivity index (χ0n) is 9.09. The minimum Gasteiger partial charge on any atom is -0.481 e. The highest BCUT2D eigenvalue weighted by Gasteiger charge is 2.13. The molecular weight excluding hydrogens is 236 g/mol. The lowest BCUT2D eigenvalue weighted by atomic mass is 10.2. The van der Waals surface area contributed by atoms with E-state index in [0.717, 1.165) is 15.4 Å². The molecule has 0 aliphatic heterocycles. The lowest BCUT2D eigenvalue weighted by Crippen LogP contribution is -2.04. The molecule has 0 spiro atoms. The summed E-state index contributed by atoms with van der Waals surface area (Å²) in [5.41, 5.74) is 7.24. The lowest BCUT2D eigenvalue weighted by Gasteiger charge is -1.93. The molecule has 3 N–H and O–H groups in total. The molecule has 1 aromatic carbocycles. The van der Waals surface area contributed by atoms with E-state index in [-0.39, 0.29) is 13.0 Å². The van der Waals surface area contributed by atoms with Gasteiger partial charge in [0.1, 0.15) is 5.01 Å². The van der Waals surface area contributed by atoms with Gasteiger partial charge in [-0.25, -0.2) is 4.98 Å². The first kappa shape index (κ1) is 11.8. The van der Waals surface area contributed by atoms with E-state index in [9.17, 15) is 4.79 Å². The van der Waals surface area contributed by atoms with Gasteiger partial charge in [0.05, 0.1) is 12.1 Å². The zero-order chi connectivity index (χ0) is 12.3. The Hall–Kier alpha value is -1.72. The maximum Gasteiger partial charge on any atom is 0.308 e. The number of rotatable bonds is 4. The van der Waals surface area contributed by atoms with Crippen LogP contribution in [0.4, 0.5) is 0 Å². The van der Waals surface area contributed by atoms with Crippen molar-refractivity contribution < 1.29 is 9.90 Å². The van der Waals surface area contributed by atoms with Gasteiger partial charge in [0.25, 0.3) is 0 Å². The van der Waals surface area contributed by atoms with Crippen molar-refractivity contribution in [1.29, 1.82) is 0 Å². The summed E-state index contributed by atoms with van der Waals surface area (Å²) in [6.45, 7) is 0.270. The highest BCUT2D eigenvalue weighted by atomic mass is 32.1. The number of carboxylic acid groups (broad SMARTS) is 1. The minimum absolute atomic E-state index is 0.0168. The highest BCUT2D eigenvalue weighted by molar-refractivity contribution is 7.15. The maximum atomic E-state index is 10.7. The van der Waals surface area contributed by atoms with Crippen molar-refractivity contribution in [3.05, 3.63) is 40.9 Å². The number of aromatic nitrogens is 1. The van der Waals surface area contributed by atoms with Crippen molar-refractivity contribution in [2.24, 2.45) is 5.73 Å². The first-order chi connectivity index (χ1) is 8.20. The van der Waals surface area contributed by atoms with E-state index in [0.29, 0.717) is 5.69 Å². The Labute approximate surface area is 103 Å². The average Bonchev–Trinajstić information content (AvgIpc) is 2.72. The molecule has 2 aromatic rings. The van der Waals surface area contributed by atoms with Crippen molar-refractivity contribution >= 4 is 17.3 Å². The Morgan fingerprint density at radius 3 is 2.65 bits per heavy atom. The van der Waals surface area contributed by atoms with E-state index >= 15 is 0 Å². The quantitative estimate of drug-likeness (QED) is 0.866. The average molecular weight is 248 g/mol. The highest BCUT2D eigenvalue weighted by Crippen LogP contribution is 2.28. The van der Waals surface area contributed by atoms with Gasteiger partial charge >= 0.3 is 5.97 Å². The Bertz CT molecular complexity index is 523. The van der Waals surface area contributed by atoms with Gasteiger partial charge in [-0.2, -0.15) is 0 Å². The smallest absolute Gasteiger partial charge is 0.308 e. The Kier molecular flexibility index (Phi) is 3.51. The molecule has 5 heteroatoms. The third-order valence-corrected chi connectivity index (χ3v) is 3.45. The second-order valence-electron chi connectivity index (χ2n) is 3.53. The van der Waals surface area contributed by atoms with Gasteiger partial charge in [-0.15, -0.1) is 11.3 Å².